The zero-order chi connectivity index (χ0) is 14.1. The molecule has 1 saturated heterocycles. The maximum absolute atomic E-state index is 9.28. The van der Waals surface area contributed by atoms with Crippen LogP contribution in [0.5, 0.6) is 0 Å². The van der Waals surface area contributed by atoms with Crippen LogP contribution in [0.3, 0.4) is 0 Å². The number of piperidine rings is 1. The Bertz CT molecular complexity index is 652. The molecule has 2 aromatic heterocycles. The molecule has 6 nitrogen and oxygen atoms in total. The van der Waals surface area contributed by atoms with E-state index in [9.17, 15) is 5.26 Å². The van der Waals surface area contributed by atoms with Gasteiger partial charge in [-0.05, 0) is 31.3 Å². The van der Waals surface area contributed by atoms with E-state index in [4.69, 9.17) is 0 Å². The average Bonchev–Trinajstić information content (AvgIpc) is 3.04. The van der Waals surface area contributed by atoms with Gasteiger partial charge in [0.1, 0.15) is 28.8 Å². The van der Waals surface area contributed by atoms with Crippen molar-refractivity contribution in [3.63, 3.8) is 0 Å². The zero-order valence-electron chi connectivity index (χ0n) is 11.6. The molecule has 1 aliphatic rings. The van der Waals surface area contributed by atoms with Gasteiger partial charge in [-0.3, -0.25) is 0 Å². The fourth-order valence-electron chi connectivity index (χ4n) is 2.74. The molecule has 7 heteroatoms. The maximum Gasteiger partial charge on any atom is 0.137 e. The number of anilines is 1. The summed E-state index contributed by atoms with van der Waals surface area (Å²) in [6.07, 6.45) is 3.95. The molecule has 0 saturated carbocycles. The third-order valence-corrected chi connectivity index (χ3v) is 4.78. The summed E-state index contributed by atoms with van der Waals surface area (Å²) < 4.78 is 6.30. The first-order chi connectivity index (χ1) is 9.70. The second-order valence-electron chi connectivity index (χ2n) is 5.15. The maximum atomic E-state index is 9.28. The van der Waals surface area contributed by atoms with Gasteiger partial charge in [-0.25, -0.2) is 0 Å². The summed E-state index contributed by atoms with van der Waals surface area (Å²) in [4.78, 5) is 2.27. The highest BCUT2D eigenvalue weighted by molar-refractivity contribution is 7.10. The van der Waals surface area contributed by atoms with Gasteiger partial charge in [0.15, 0.2) is 0 Å². The molecule has 1 fully saturated rings. The van der Waals surface area contributed by atoms with E-state index in [1.165, 1.54) is 11.5 Å². The highest BCUT2D eigenvalue weighted by Gasteiger charge is 2.27. The normalized spacial score (nSPS) is 19.1. The van der Waals surface area contributed by atoms with Crippen LogP contribution in [0, 0.1) is 18.3 Å². The van der Waals surface area contributed by atoms with Gasteiger partial charge < -0.3 is 9.47 Å². The molecule has 3 heterocycles. The van der Waals surface area contributed by atoms with Gasteiger partial charge in [0.05, 0.1) is 5.69 Å². The van der Waals surface area contributed by atoms with Crippen LogP contribution in [0.15, 0.2) is 6.33 Å². The Hall–Kier alpha value is -1.94. The Morgan fingerprint density at radius 2 is 2.35 bits per heavy atom. The second kappa shape index (κ2) is 5.21. The number of nitriles is 1. The summed E-state index contributed by atoms with van der Waals surface area (Å²) in [5.74, 6) is 1.39. The fraction of sp³-hybridized carbons (Fsp3) is 0.538. The Kier molecular flexibility index (Phi) is 3.40. The summed E-state index contributed by atoms with van der Waals surface area (Å²) in [5.41, 5.74) is 1.54. The summed E-state index contributed by atoms with van der Waals surface area (Å²) in [5, 5.41) is 18.5. The van der Waals surface area contributed by atoms with Crippen LogP contribution in [-0.4, -0.2) is 32.2 Å². The first kappa shape index (κ1) is 13.1. The predicted molar refractivity (Wildman–Crippen MR) is 76.8 cm³/mol. The molecule has 3 rings (SSSR count). The van der Waals surface area contributed by atoms with Gasteiger partial charge in [0.25, 0.3) is 0 Å². The molecule has 0 N–H and O–H groups in total. The van der Waals surface area contributed by atoms with E-state index in [1.807, 2.05) is 18.5 Å². The van der Waals surface area contributed by atoms with E-state index in [-0.39, 0.29) is 0 Å². The summed E-state index contributed by atoms with van der Waals surface area (Å²) in [6.45, 7) is 3.75. The number of hydrogen-bond donors (Lipinski definition) is 0. The molecular weight excluding hydrogens is 272 g/mol. The van der Waals surface area contributed by atoms with Gasteiger partial charge in [0, 0.05) is 26.1 Å². The molecule has 0 bridgehead atoms. The highest BCUT2D eigenvalue weighted by atomic mass is 32.1. The van der Waals surface area contributed by atoms with Gasteiger partial charge in [-0.2, -0.15) is 9.64 Å². The lowest BCUT2D eigenvalue weighted by atomic mass is 9.97. The molecule has 2 aromatic rings. The van der Waals surface area contributed by atoms with Crippen molar-refractivity contribution in [3.8, 4) is 6.07 Å². The topological polar surface area (TPSA) is 70.6 Å². The fourth-order valence-corrected chi connectivity index (χ4v) is 3.62. The molecule has 0 amide bonds. The monoisotopic (exact) mass is 288 g/mol. The van der Waals surface area contributed by atoms with Crippen molar-refractivity contribution in [3.05, 3.63) is 23.4 Å². The first-order valence-electron chi connectivity index (χ1n) is 6.66. The Morgan fingerprint density at radius 1 is 1.50 bits per heavy atom. The van der Waals surface area contributed by atoms with Gasteiger partial charge in [-0.15, -0.1) is 10.2 Å². The third-order valence-electron chi connectivity index (χ3n) is 3.78. The molecule has 0 radical (unpaired) electrons. The van der Waals surface area contributed by atoms with Crippen LogP contribution in [0.25, 0.3) is 0 Å². The Morgan fingerprint density at radius 3 is 3.05 bits per heavy atom. The van der Waals surface area contributed by atoms with Crippen LogP contribution in [0.2, 0.25) is 0 Å². The smallest absolute Gasteiger partial charge is 0.137 e. The Labute approximate surface area is 121 Å². The molecule has 1 unspecified atom stereocenters. The van der Waals surface area contributed by atoms with E-state index < -0.39 is 0 Å². The standard InChI is InChI=1S/C13H16N6S/c1-9-11(6-14)13(20-17-9)19-5-3-4-10(7-19)12-16-15-8-18(12)2/h8,10H,3-5,7H2,1-2H3. The third kappa shape index (κ3) is 2.16. The van der Waals surface area contributed by atoms with Crippen molar-refractivity contribution in [1.82, 2.24) is 19.1 Å². The zero-order valence-corrected chi connectivity index (χ0v) is 12.4. The molecule has 104 valence electrons. The van der Waals surface area contributed by atoms with Gasteiger partial charge >= 0.3 is 0 Å². The van der Waals surface area contributed by atoms with E-state index in [0.29, 0.717) is 11.5 Å². The van der Waals surface area contributed by atoms with Crippen LogP contribution in [-0.2, 0) is 7.05 Å². The van der Waals surface area contributed by atoms with Crippen molar-refractivity contribution in [2.45, 2.75) is 25.7 Å². The van der Waals surface area contributed by atoms with Crippen LogP contribution >= 0.6 is 11.5 Å². The molecule has 1 aliphatic heterocycles. The SMILES string of the molecule is Cc1nsc(N2CCCC(c3nncn3C)C2)c1C#N. The lowest BCUT2D eigenvalue weighted by Gasteiger charge is -2.32. The largest absolute Gasteiger partial charge is 0.360 e. The van der Waals surface area contributed by atoms with Crippen LogP contribution < -0.4 is 4.90 Å². The minimum absolute atomic E-state index is 0.366. The molecule has 0 spiro atoms. The van der Waals surface area contributed by atoms with Crippen molar-refractivity contribution in [1.29, 1.82) is 5.26 Å². The number of aromatic nitrogens is 4. The van der Waals surface area contributed by atoms with Crippen molar-refractivity contribution in [2.75, 3.05) is 18.0 Å². The average molecular weight is 288 g/mol. The summed E-state index contributed by atoms with van der Waals surface area (Å²) in [7, 11) is 1.98. The number of aryl methyl sites for hydroxylation is 2. The van der Waals surface area contributed by atoms with E-state index in [1.54, 1.807) is 6.33 Å². The van der Waals surface area contributed by atoms with Gasteiger partial charge in [-0.1, -0.05) is 0 Å². The number of hydrogen-bond acceptors (Lipinski definition) is 6. The van der Waals surface area contributed by atoms with Crippen LogP contribution in [0.1, 0.15) is 35.8 Å². The molecule has 20 heavy (non-hydrogen) atoms. The molecular formula is C13H16N6S. The molecule has 0 aliphatic carbocycles. The summed E-state index contributed by atoms with van der Waals surface area (Å²) >= 11 is 1.42. The van der Waals surface area contributed by atoms with Crippen LogP contribution in [0.4, 0.5) is 5.00 Å². The lowest BCUT2D eigenvalue weighted by Crippen LogP contribution is -2.35. The Balaban J connectivity index is 1.86. The molecule has 0 aromatic carbocycles. The second-order valence-corrected chi connectivity index (χ2v) is 5.90. The van der Waals surface area contributed by atoms with E-state index >= 15 is 0 Å². The van der Waals surface area contributed by atoms with Crippen molar-refractivity contribution in [2.24, 2.45) is 7.05 Å². The van der Waals surface area contributed by atoms with Crippen molar-refractivity contribution < 1.29 is 0 Å². The number of nitrogens with zero attached hydrogens (tertiary/aromatic N) is 6. The lowest BCUT2D eigenvalue weighted by molar-refractivity contribution is 0.481. The highest BCUT2D eigenvalue weighted by Crippen LogP contribution is 2.34. The minimum Gasteiger partial charge on any atom is -0.360 e. The minimum atomic E-state index is 0.366. The predicted octanol–water partition coefficient (Wildman–Crippen LogP) is 1.84. The summed E-state index contributed by atoms with van der Waals surface area (Å²) in [6, 6.07) is 2.28. The van der Waals surface area contributed by atoms with Gasteiger partial charge in [0.2, 0.25) is 0 Å². The van der Waals surface area contributed by atoms with Crippen molar-refractivity contribution >= 4 is 16.5 Å². The number of rotatable bonds is 2. The van der Waals surface area contributed by atoms with E-state index in [0.717, 1.165) is 42.5 Å². The quantitative estimate of drug-likeness (QED) is 0.843. The molecule has 1 atom stereocenters. The first-order valence-corrected chi connectivity index (χ1v) is 7.43. The van der Waals surface area contributed by atoms with E-state index in [2.05, 4.69) is 25.5 Å².